The normalized spacial score (nSPS) is 17.2. The van der Waals surface area contributed by atoms with E-state index in [2.05, 4.69) is 34.1 Å². The first kappa shape index (κ1) is 44.0. The van der Waals surface area contributed by atoms with Gasteiger partial charge in [0.25, 0.3) is 17.1 Å². The number of benzene rings is 4. The molecule has 2 aliphatic carbocycles. The van der Waals surface area contributed by atoms with Gasteiger partial charge >= 0.3 is 0 Å². The predicted molar refractivity (Wildman–Crippen MR) is 242 cm³/mol. The number of alkyl halides is 1. The number of carbonyl (C=O) groups is 4. The molecule has 0 spiro atoms. The number of amides is 2. The summed E-state index contributed by atoms with van der Waals surface area (Å²) < 4.78 is 0. The zero-order valence-electron chi connectivity index (χ0n) is 35.0. The van der Waals surface area contributed by atoms with Crippen LogP contribution in [0.3, 0.4) is 0 Å². The number of hydrogen-bond acceptors (Lipinski definition) is 6. The lowest BCUT2D eigenvalue weighted by molar-refractivity contribution is 0.0704. The molecular weight excluding hydrogens is 848 g/mol. The summed E-state index contributed by atoms with van der Waals surface area (Å²) in [6, 6.07) is 27.5. The highest BCUT2D eigenvalue weighted by Crippen LogP contribution is 2.41. The summed E-state index contributed by atoms with van der Waals surface area (Å²) in [6.45, 7) is 6.70. The molecule has 0 N–H and O–H groups in total. The Hall–Kier alpha value is -5.09. The summed E-state index contributed by atoms with van der Waals surface area (Å²) >= 11 is 9.18. The second-order valence-electron chi connectivity index (χ2n) is 17.2. The highest BCUT2D eigenvalue weighted by Gasteiger charge is 2.31. The third-order valence-electron chi connectivity index (χ3n) is 13.6. The lowest BCUT2D eigenvalue weighted by Gasteiger charge is -2.33. The summed E-state index contributed by atoms with van der Waals surface area (Å²) in [4.78, 5) is 55.0. The number of halogens is 2. The first-order valence-corrected chi connectivity index (χ1v) is 23.2. The van der Waals surface area contributed by atoms with E-state index in [1.807, 2.05) is 84.3 Å². The van der Waals surface area contributed by atoms with Crippen molar-refractivity contribution >= 4 is 50.4 Å². The number of piperidine rings is 2. The van der Waals surface area contributed by atoms with Crippen molar-refractivity contribution in [2.24, 2.45) is 0 Å². The Labute approximate surface area is 373 Å². The van der Waals surface area contributed by atoms with Crippen LogP contribution < -0.4 is 0 Å². The predicted octanol–water partition coefficient (Wildman–Crippen LogP) is 11.3. The molecule has 0 radical (unpaired) electrons. The van der Waals surface area contributed by atoms with Crippen LogP contribution in [-0.4, -0.2) is 64.1 Å². The lowest BCUT2D eigenvalue weighted by Crippen LogP contribution is -2.38. The average molecular weight is 900 g/mol. The molecule has 61 heavy (non-hydrogen) atoms. The highest BCUT2D eigenvalue weighted by atomic mass is 79.9. The Balaban J connectivity index is 0.000000184. The van der Waals surface area contributed by atoms with Crippen molar-refractivity contribution in [3.05, 3.63) is 140 Å². The van der Waals surface area contributed by atoms with Crippen molar-refractivity contribution in [2.45, 2.75) is 102 Å². The van der Waals surface area contributed by atoms with E-state index in [0.717, 1.165) is 73.6 Å². The van der Waals surface area contributed by atoms with E-state index >= 15 is 0 Å². The van der Waals surface area contributed by atoms with Crippen LogP contribution in [0.2, 0.25) is 0 Å². The molecule has 4 aromatic carbocycles. The van der Waals surface area contributed by atoms with Crippen LogP contribution >= 0.6 is 27.5 Å². The number of nitriles is 2. The molecule has 4 fully saturated rings. The molecule has 0 aromatic heterocycles. The summed E-state index contributed by atoms with van der Waals surface area (Å²) in [7, 11) is 0. The third kappa shape index (κ3) is 9.85. The lowest BCUT2D eigenvalue weighted by atomic mass is 9.76. The molecule has 8 rings (SSSR count). The Kier molecular flexibility index (Phi) is 14.2. The number of nitrogens with zero attached hydrogens (tertiary/aromatic N) is 4. The van der Waals surface area contributed by atoms with Crippen molar-refractivity contribution < 1.29 is 19.2 Å². The second kappa shape index (κ2) is 19.7. The maximum absolute atomic E-state index is 13.3. The molecule has 0 atom stereocenters. The molecular formula is C51H52BrClN4O4. The number of Topliss-reactive ketones (excluding diaryl/α,β-unsaturated/α-hetero) is 1. The van der Waals surface area contributed by atoms with E-state index < -0.39 is 5.24 Å². The second-order valence-corrected chi connectivity index (χ2v) is 18.1. The van der Waals surface area contributed by atoms with Gasteiger partial charge in [-0.25, -0.2) is 0 Å². The van der Waals surface area contributed by atoms with Gasteiger partial charge in [-0.2, -0.15) is 10.5 Å². The molecule has 2 saturated carbocycles. The first-order valence-electron chi connectivity index (χ1n) is 21.7. The molecule has 314 valence electrons. The largest absolute Gasteiger partial charge is 0.339 e. The number of ketones is 1. The fraction of sp³-hybridized carbons (Fsp3) is 0.412. The van der Waals surface area contributed by atoms with Gasteiger partial charge in [-0.1, -0.05) is 65.2 Å². The van der Waals surface area contributed by atoms with Crippen molar-refractivity contribution in [1.29, 1.82) is 10.5 Å². The van der Waals surface area contributed by atoms with Gasteiger partial charge in [0, 0.05) is 48.4 Å². The van der Waals surface area contributed by atoms with Crippen molar-refractivity contribution in [3.8, 4) is 12.1 Å². The van der Waals surface area contributed by atoms with Gasteiger partial charge < -0.3 is 9.80 Å². The minimum absolute atomic E-state index is 0.0231. The van der Waals surface area contributed by atoms with Gasteiger partial charge in [0.2, 0.25) is 0 Å². The van der Waals surface area contributed by atoms with Gasteiger partial charge in [-0.15, -0.1) is 0 Å². The fourth-order valence-electron chi connectivity index (χ4n) is 9.35. The van der Waals surface area contributed by atoms with Crippen LogP contribution in [0.5, 0.6) is 0 Å². The quantitative estimate of drug-likeness (QED) is 0.0936. The molecule has 0 bridgehead atoms. The van der Waals surface area contributed by atoms with Crippen molar-refractivity contribution in [3.63, 3.8) is 0 Å². The van der Waals surface area contributed by atoms with Crippen molar-refractivity contribution in [1.82, 2.24) is 9.80 Å². The standard InChI is InChI=1S/C26H27BrN2O2.C25H25ClN2O2/c1-17-13-23(21-3-2-4-21)24(25(30)15-27)14-22(17)26(31)29-11-9-20(10-12-29)19-7-5-18(16-28)6-8-19;1-16-13-22(20-3-2-4-20)23(24(26)29)14-21(16)25(30)28-11-9-19(10-12-28)18-7-5-17(15-27)6-8-18/h5-8,13-14,20-21H,2-4,9-12,15H2,1H3;5-8,13-14,19-20H,2-4,9-12H2,1H3. The summed E-state index contributed by atoms with van der Waals surface area (Å²) in [5.41, 5.74) is 10.2. The van der Waals surface area contributed by atoms with Crippen LogP contribution in [-0.2, 0) is 0 Å². The Bertz CT molecular complexity index is 2380. The minimum Gasteiger partial charge on any atom is -0.339 e. The molecule has 4 aliphatic rings. The van der Waals surface area contributed by atoms with Gasteiger partial charge in [-0.3, -0.25) is 19.2 Å². The van der Waals surface area contributed by atoms with E-state index in [4.69, 9.17) is 22.1 Å². The Morgan fingerprint density at radius 1 is 0.574 bits per heavy atom. The molecule has 2 heterocycles. The highest BCUT2D eigenvalue weighted by molar-refractivity contribution is 9.09. The number of rotatable bonds is 9. The van der Waals surface area contributed by atoms with E-state index in [0.29, 0.717) is 83.2 Å². The molecule has 2 aliphatic heterocycles. The smallest absolute Gasteiger partial charge is 0.254 e. The third-order valence-corrected chi connectivity index (χ3v) is 14.3. The molecule has 0 unspecified atom stereocenters. The van der Waals surface area contributed by atoms with Crippen LogP contribution in [0.4, 0.5) is 0 Å². The Morgan fingerprint density at radius 2 is 0.951 bits per heavy atom. The monoisotopic (exact) mass is 898 g/mol. The van der Waals surface area contributed by atoms with Gasteiger partial charge in [0.1, 0.15) is 0 Å². The summed E-state index contributed by atoms with van der Waals surface area (Å²) in [5.74, 6) is 1.69. The number of hydrogen-bond donors (Lipinski definition) is 0. The molecule has 2 amide bonds. The van der Waals surface area contributed by atoms with E-state index in [1.165, 1.54) is 24.0 Å². The van der Waals surface area contributed by atoms with Gasteiger partial charge in [0.15, 0.2) is 5.78 Å². The minimum atomic E-state index is -0.481. The van der Waals surface area contributed by atoms with E-state index in [1.54, 1.807) is 6.07 Å². The average Bonchev–Trinajstić information content (AvgIpc) is 3.25. The molecule has 10 heteroatoms. The van der Waals surface area contributed by atoms with E-state index in [-0.39, 0.29) is 22.9 Å². The first-order chi connectivity index (χ1) is 29.5. The number of likely N-dealkylation sites (tertiary alicyclic amines) is 2. The maximum Gasteiger partial charge on any atom is 0.254 e. The van der Waals surface area contributed by atoms with Crippen LogP contribution in [0.25, 0.3) is 0 Å². The molecule has 8 nitrogen and oxygen atoms in total. The Morgan fingerprint density at radius 3 is 1.28 bits per heavy atom. The molecule has 2 saturated heterocycles. The van der Waals surface area contributed by atoms with Gasteiger partial charge in [0.05, 0.1) is 28.6 Å². The maximum atomic E-state index is 13.3. The summed E-state index contributed by atoms with van der Waals surface area (Å²) in [5, 5.41) is 17.7. The topological polar surface area (TPSA) is 122 Å². The fourth-order valence-corrected chi connectivity index (χ4v) is 9.82. The number of aryl methyl sites for hydroxylation is 2. The van der Waals surface area contributed by atoms with Gasteiger partial charge in [-0.05, 0) is 170 Å². The van der Waals surface area contributed by atoms with Crippen LogP contribution in [0.15, 0.2) is 72.8 Å². The van der Waals surface area contributed by atoms with Crippen LogP contribution in [0.1, 0.15) is 174 Å². The SMILES string of the molecule is Cc1cc(C2CCC2)c(C(=O)CBr)cc1C(=O)N1CCC(c2ccc(C#N)cc2)CC1.Cc1cc(C2CCC2)c(C(=O)Cl)cc1C(=O)N1CCC(c2ccc(C#N)cc2)CC1. The number of carbonyl (C=O) groups excluding carboxylic acids is 4. The molecule has 4 aromatic rings. The zero-order valence-corrected chi connectivity index (χ0v) is 37.4. The van der Waals surface area contributed by atoms with E-state index in [9.17, 15) is 19.2 Å². The van der Waals surface area contributed by atoms with Crippen molar-refractivity contribution in [2.75, 3.05) is 31.5 Å². The zero-order chi connectivity index (χ0) is 43.2. The summed E-state index contributed by atoms with van der Waals surface area (Å²) in [6.07, 6.45) is 10.4. The van der Waals surface area contributed by atoms with Crippen LogP contribution in [0, 0.1) is 36.5 Å².